The zero-order chi connectivity index (χ0) is 27.1. The van der Waals surface area contributed by atoms with Crippen LogP contribution in [0.3, 0.4) is 0 Å². The van der Waals surface area contributed by atoms with E-state index in [0.717, 1.165) is 22.2 Å². The molecule has 0 unspecified atom stereocenters. The molecule has 0 aliphatic rings. The van der Waals surface area contributed by atoms with Gasteiger partial charge in [-0.3, -0.25) is 4.79 Å². The second kappa shape index (κ2) is 9.67. The normalized spacial score (nSPS) is 12.2. The topological polar surface area (TPSA) is 115 Å². The number of rotatable bonds is 6. The van der Waals surface area contributed by atoms with E-state index in [1.54, 1.807) is 26.0 Å². The number of carboxylic acid groups (broad SMARTS) is 1. The number of carboxylic acids is 1. The number of nitrogens with one attached hydrogen (secondary N) is 2. The number of amides is 1. The number of imidazole rings is 1. The van der Waals surface area contributed by atoms with Gasteiger partial charge in [-0.2, -0.15) is 0 Å². The van der Waals surface area contributed by atoms with Gasteiger partial charge in [0.15, 0.2) is 0 Å². The first-order valence-electron chi connectivity index (χ1n) is 12.5. The highest BCUT2D eigenvalue weighted by molar-refractivity contribution is 6.11. The van der Waals surface area contributed by atoms with Crippen molar-refractivity contribution in [2.75, 3.05) is 0 Å². The van der Waals surface area contributed by atoms with Crippen LogP contribution in [0, 0.1) is 19.8 Å². The molecule has 0 spiro atoms. The maximum atomic E-state index is 12.8. The number of fused-ring (bicyclic) bond motifs is 3. The molecule has 0 aliphatic carbocycles. The SMILES string of the molecule is Cc1ccc(-c2cccc(-c3nc4c(ccc5cc(C(=O)N[C@H](C(=O)O)C(C)C)cc(O)c54)[nH]3)c2)cc1C. The van der Waals surface area contributed by atoms with Gasteiger partial charge in [0.2, 0.25) is 0 Å². The molecule has 38 heavy (non-hydrogen) atoms. The summed E-state index contributed by atoms with van der Waals surface area (Å²) in [5.74, 6) is -1.39. The Hall–Kier alpha value is -4.65. The molecule has 7 heteroatoms. The fraction of sp³-hybridized carbons (Fsp3) is 0.194. The summed E-state index contributed by atoms with van der Waals surface area (Å²) in [6.45, 7) is 7.64. The Kier molecular flexibility index (Phi) is 6.36. The lowest BCUT2D eigenvalue weighted by Gasteiger charge is -2.18. The highest BCUT2D eigenvalue weighted by Crippen LogP contribution is 2.35. The number of phenols is 1. The van der Waals surface area contributed by atoms with Gasteiger partial charge in [-0.15, -0.1) is 0 Å². The molecule has 1 amide bonds. The van der Waals surface area contributed by atoms with E-state index in [-0.39, 0.29) is 17.2 Å². The summed E-state index contributed by atoms with van der Waals surface area (Å²) in [7, 11) is 0. The molecule has 1 aromatic heterocycles. The van der Waals surface area contributed by atoms with E-state index in [2.05, 4.69) is 54.5 Å². The minimum atomic E-state index is -1.11. The van der Waals surface area contributed by atoms with Crippen molar-refractivity contribution in [3.8, 4) is 28.3 Å². The van der Waals surface area contributed by atoms with Gasteiger partial charge in [0.25, 0.3) is 5.91 Å². The van der Waals surface area contributed by atoms with Crippen molar-refractivity contribution in [1.82, 2.24) is 15.3 Å². The third-order valence-electron chi connectivity index (χ3n) is 7.00. The summed E-state index contributed by atoms with van der Waals surface area (Å²) in [5.41, 5.74) is 7.11. The van der Waals surface area contributed by atoms with Crippen LogP contribution in [0.15, 0.2) is 66.7 Å². The Morgan fingerprint density at radius 2 is 1.63 bits per heavy atom. The van der Waals surface area contributed by atoms with E-state index in [9.17, 15) is 19.8 Å². The first-order valence-corrected chi connectivity index (χ1v) is 12.5. The van der Waals surface area contributed by atoms with Gasteiger partial charge in [-0.05, 0) is 71.7 Å². The molecule has 5 rings (SSSR count). The van der Waals surface area contributed by atoms with Crippen LogP contribution in [0.1, 0.15) is 35.3 Å². The van der Waals surface area contributed by atoms with E-state index in [0.29, 0.717) is 22.1 Å². The maximum Gasteiger partial charge on any atom is 0.326 e. The van der Waals surface area contributed by atoms with Gasteiger partial charge in [0.05, 0.1) is 10.9 Å². The van der Waals surface area contributed by atoms with Crippen molar-refractivity contribution in [2.45, 2.75) is 33.7 Å². The van der Waals surface area contributed by atoms with Crippen LogP contribution in [-0.2, 0) is 4.79 Å². The van der Waals surface area contributed by atoms with Crippen LogP contribution >= 0.6 is 0 Å². The smallest absolute Gasteiger partial charge is 0.326 e. The molecule has 7 nitrogen and oxygen atoms in total. The summed E-state index contributed by atoms with van der Waals surface area (Å²) in [4.78, 5) is 32.5. The predicted octanol–water partition coefficient (Wildman–Crippen LogP) is 6.21. The van der Waals surface area contributed by atoms with Crippen LogP contribution in [0.25, 0.3) is 44.3 Å². The van der Waals surface area contributed by atoms with Crippen molar-refractivity contribution >= 4 is 33.7 Å². The van der Waals surface area contributed by atoms with Crippen LogP contribution < -0.4 is 5.32 Å². The molecular formula is C31H29N3O4. The van der Waals surface area contributed by atoms with E-state index in [1.807, 2.05) is 18.2 Å². The average Bonchev–Trinajstić information content (AvgIpc) is 3.32. The zero-order valence-corrected chi connectivity index (χ0v) is 21.7. The number of nitrogens with zero attached hydrogens (tertiary/aromatic N) is 1. The Bertz CT molecular complexity index is 1720. The van der Waals surface area contributed by atoms with Gasteiger partial charge in [0, 0.05) is 11.1 Å². The summed E-state index contributed by atoms with van der Waals surface area (Å²) in [6.07, 6.45) is 0. The van der Waals surface area contributed by atoms with Crippen LogP contribution in [-0.4, -0.2) is 38.1 Å². The number of aliphatic carboxylic acids is 1. The molecule has 0 fully saturated rings. The number of H-pyrrole nitrogens is 1. The van der Waals surface area contributed by atoms with Gasteiger partial charge < -0.3 is 20.5 Å². The van der Waals surface area contributed by atoms with Crippen LogP contribution in [0.2, 0.25) is 0 Å². The first-order chi connectivity index (χ1) is 18.1. The summed E-state index contributed by atoms with van der Waals surface area (Å²) < 4.78 is 0. The van der Waals surface area contributed by atoms with Gasteiger partial charge in [-0.1, -0.05) is 56.3 Å². The fourth-order valence-electron chi connectivity index (χ4n) is 4.68. The van der Waals surface area contributed by atoms with E-state index >= 15 is 0 Å². The number of carbonyl (C=O) groups excluding carboxylic acids is 1. The highest BCUT2D eigenvalue weighted by Gasteiger charge is 2.24. The van der Waals surface area contributed by atoms with Crippen molar-refractivity contribution in [1.29, 1.82) is 0 Å². The van der Waals surface area contributed by atoms with Crippen molar-refractivity contribution in [2.24, 2.45) is 5.92 Å². The molecule has 192 valence electrons. The molecule has 0 saturated heterocycles. The minimum absolute atomic E-state index is 0.100. The molecule has 0 radical (unpaired) electrons. The minimum Gasteiger partial charge on any atom is -0.507 e. The van der Waals surface area contributed by atoms with E-state index in [4.69, 9.17) is 4.98 Å². The van der Waals surface area contributed by atoms with Crippen molar-refractivity contribution in [3.05, 3.63) is 83.4 Å². The molecule has 4 aromatic carbocycles. The van der Waals surface area contributed by atoms with Crippen molar-refractivity contribution in [3.63, 3.8) is 0 Å². The molecule has 0 aliphatic heterocycles. The largest absolute Gasteiger partial charge is 0.507 e. The predicted molar refractivity (Wildman–Crippen MR) is 149 cm³/mol. The first kappa shape index (κ1) is 25.0. The third kappa shape index (κ3) is 4.59. The van der Waals surface area contributed by atoms with Crippen molar-refractivity contribution < 1.29 is 19.8 Å². The monoisotopic (exact) mass is 507 g/mol. The Labute approximate surface area is 220 Å². The summed E-state index contributed by atoms with van der Waals surface area (Å²) in [5, 5.41) is 24.0. The average molecular weight is 508 g/mol. The molecule has 4 N–H and O–H groups in total. The number of aryl methyl sites for hydroxylation is 2. The van der Waals surface area contributed by atoms with E-state index < -0.39 is 17.9 Å². The van der Waals surface area contributed by atoms with Gasteiger partial charge >= 0.3 is 5.97 Å². The lowest BCUT2D eigenvalue weighted by molar-refractivity contribution is -0.140. The molecule has 5 aromatic rings. The lowest BCUT2D eigenvalue weighted by atomic mass is 9.99. The number of benzene rings is 4. The third-order valence-corrected chi connectivity index (χ3v) is 7.00. The standard InChI is InChI=1S/C31H29N3O4/c1-16(2)27(31(37)38)34-30(36)23-14-21-10-11-24-28(26(21)25(35)15-23)33-29(32-24)22-7-5-6-19(13-22)20-9-8-17(3)18(4)12-20/h5-16,27,35H,1-4H3,(H,32,33)(H,34,36)(H,37,38)/t27-/m0/s1. The number of carbonyl (C=O) groups is 2. The van der Waals surface area contributed by atoms with Gasteiger partial charge in [0.1, 0.15) is 23.1 Å². The lowest BCUT2D eigenvalue weighted by Crippen LogP contribution is -2.44. The Balaban J connectivity index is 1.53. The Morgan fingerprint density at radius 1 is 0.895 bits per heavy atom. The second-order valence-electron chi connectivity index (χ2n) is 10.1. The number of aromatic hydroxyl groups is 1. The van der Waals surface area contributed by atoms with Crippen LogP contribution in [0.4, 0.5) is 0 Å². The van der Waals surface area contributed by atoms with Gasteiger partial charge in [-0.25, -0.2) is 9.78 Å². The number of aromatic amines is 1. The number of aromatic nitrogens is 2. The second-order valence-corrected chi connectivity index (χ2v) is 10.1. The number of phenolic OH excluding ortho intramolecular Hbond substituents is 1. The molecule has 1 atom stereocenters. The number of hydrogen-bond acceptors (Lipinski definition) is 4. The fourth-order valence-corrected chi connectivity index (χ4v) is 4.68. The van der Waals surface area contributed by atoms with E-state index in [1.165, 1.54) is 17.2 Å². The molecular weight excluding hydrogens is 478 g/mol. The maximum absolute atomic E-state index is 12.8. The quantitative estimate of drug-likeness (QED) is 0.218. The Morgan fingerprint density at radius 3 is 2.34 bits per heavy atom. The number of hydrogen-bond donors (Lipinski definition) is 4. The molecule has 1 heterocycles. The zero-order valence-electron chi connectivity index (χ0n) is 21.7. The molecule has 0 bridgehead atoms. The highest BCUT2D eigenvalue weighted by atomic mass is 16.4. The van der Waals surface area contributed by atoms with Crippen LogP contribution in [0.5, 0.6) is 5.75 Å². The summed E-state index contributed by atoms with van der Waals surface area (Å²) in [6, 6.07) is 20.2. The molecule has 0 saturated carbocycles. The summed E-state index contributed by atoms with van der Waals surface area (Å²) >= 11 is 0.